The highest BCUT2D eigenvalue weighted by atomic mass is 16.5. The summed E-state index contributed by atoms with van der Waals surface area (Å²) in [6.07, 6.45) is 0. The fourth-order valence-electron chi connectivity index (χ4n) is 1.07. The largest absolute Gasteiger partial charge is 0.380 e. The number of carbonyl (C=O) groups is 1. The highest BCUT2D eigenvalue weighted by Gasteiger charge is 2.24. The van der Waals surface area contributed by atoms with Crippen LogP contribution in [-0.4, -0.2) is 19.0 Å². The van der Waals surface area contributed by atoms with Gasteiger partial charge in [0.05, 0.1) is 13.2 Å². The van der Waals surface area contributed by atoms with E-state index in [-0.39, 0.29) is 11.8 Å². The van der Waals surface area contributed by atoms with Gasteiger partial charge in [0.2, 0.25) is 0 Å². The van der Waals surface area contributed by atoms with Crippen LogP contribution in [0.1, 0.15) is 13.8 Å². The van der Waals surface area contributed by atoms with Gasteiger partial charge in [-0.15, -0.1) is 0 Å². The monoisotopic (exact) mass is 128 g/mol. The Bertz CT molecular complexity index is 108. The number of hydrogen-bond donors (Lipinski definition) is 0. The Labute approximate surface area is 55.2 Å². The predicted octanol–water partition coefficient (Wildman–Crippen LogP) is 0.858. The summed E-state index contributed by atoms with van der Waals surface area (Å²) in [4.78, 5) is 11.0. The van der Waals surface area contributed by atoms with Crippen molar-refractivity contribution in [3.05, 3.63) is 0 Å². The minimum Gasteiger partial charge on any atom is -0.380 e. The molecule has 0 spiro atoms. The van der Waals surface area contributed by atoms with Crippen molar-refractivity contribution in [2.45, 2.75) is 13.8 Å². The smallest absolute Gasteiger partial charge is 0.143 e. The summed E-state index contributed by atoms with van der Waals surface area (Å²) < 4.78 is 5.14. The van der Waals surface area contributed by atoms with Crippen LogP contribution >= 0.6 is 0 Å². The third-order valence-corrected chi connectivity index (χ3v) is 1.71. The van der Waals surface area contributed by atoms with Gasteiger partial charge in [0.25, 0.3) is 0 Å². The van der Waals surface area contributed by atoms with E-state index in [4.69, 9.17) is 4.74 Å². The van der Waals surface area contributed by atoms with Crippen molar-refractivity contribution in [1.82, 2.24) is 0 Å². The van der Waals surface area contributed by atoms with Gasteiger partial charge < -0.3 is 4.74 Å². The predicted molar refractivity (Wildman–Crippen MR) is 34.2 cm³/mol. The highest BCUT2D eigenvalue weighted by Crippen LogP contribution is 2.13. The van der Waals surface area contributed by atoms with E-state index in [0.717, 1.165) is 0 Å². The first-order valence-electron chi connectivity index (χ1n) is 3.33. The van der Waals surface area contributed by atoms with Gasteiger partial charge in [0, 0.05) is 11.8 Å². The molecule has 2 heteroatoms. The van der Waals surface area contributed by atoms with Crippen LogP contribution in [0.5, 0.6) is 0 Å². The lowest BCUT2D eigenvalue weighted by Gasteiger charge is -2.22. The van der Waals surface area contributed by atoms with Gasteiger partial charge in [-0.3, -0.25) is 4.79 Å². The first kappa shape index (κ1) is 6.75. The molecule has 0 aromatic rings. The van der Waals surface area contributed by atoms with Gasteiger partial charge in [-0.2, -0.15) is 0 Å². The minimum absolute atomic E-state index is 0.119. The van der Waals surface area contributed by atoms with Gasteiger partial charge in [0.15, 0.2) is 0 Å². The van der Waals surface area contributed by atoms with Crippen LogP contribution in [0.2, 0.25) is 0 Å². The number of carbonyl (C=O) groups excluding carboxylic acids is 1. The zero-order valence-corrected chi connectivity index (χ0v) is 5.89. The summed E-state index contributed by atoms with van der Waals surface area (Å²) >= 11 is 0. The van der Waals surface area contributed by atoms with Crippen LogP contribution in [0.4, 0.5) is 0 Å². The normalized spacial score (nSPS) is 36.9. The SMILES string of the molecule is CC1COC[C@@H](C)C1=O. The summed E-state index contributed by atoms with van der Waals surface area (Å²) in [5, 5.41) is 0. The second-order valence-electron chi connectivity index (χ2n) is 2.74. The number of ether oxygens (including phenoxy) is 1. The van der Waals surface area contributed by atoms with E-state index in [1.807, 2.05) is 13.8 Å². The van der Waals surface area contributed by atoms with E-state index in [1.54, 1.807) is 0 Å². The Balaban J connectivity index is 2.52. The Morgan fingerprint density at radius 1 is 1.33 bits per heavy atom. The molecule has 1 aliphatic heterocycles. The van der Waals surface area contributed by atoms with Gasteiger partial charge in [-0.05, 0) is 0 Å². The molecule has 2 atom stereocenters. The average molecular weight is 128 g/mol. The van der Waals surface area contributed by atoms with Gasteiger partial charge in [-0.25, -0.2) is 0 Å². The summed E-state index contributed by atoms with van der Waals surface area (Å²) in [5.41, 5.74) is 0. The van der Waals surface area contributed by atoms with Gasteiger partial charge in [0.1, 0.15) is 5.78 Å². The molecule has 1 fully saturated rings. The molecule has 0 radical (unpaired) electrons. The van der Waals surface area contributed by atoms with Crippen LogP contribution in [0.15, 0.2) is 0 Å². The van der Waals surface area contributed by atoms with Crippen LogP contribution in [0, 0.1) is 11.8 Å². The first-order chi connectivity index (χ1) is 4.22. The molecule has 52 valence electrons. The number of ketones is 1. The van der Waals surface area contributed by atoms with Gasteiger partial charge in [-0.1, -0.05) is 13.8 Å². The lowest BCUT2D eigenvalue weighted by Crippen LogP contribution is -2.32. The van der Waals surface area contributed by atoms with E-state index in [9.17, 15) is 4.79 Å². The Hall–Kier alpha value is -0.370. The third kappa shape index (κ3) is 1.30. The molecule has 0 aromatic carbocycles. The Morgan fingerprint density at radius 3 is 2.11 bits per heavy atom. The van der Waals surface area contributed by atoms with Crippen molar-refractivity contribution >= 4 is 5.78 Å². The maximum atomic E-state index is 11.0. The summed E-state index contributed by atoms with van der Waals surface area (Å²) in [7, 11) is 0. The van der Waals surface area contributed by atoms with Crippen LogP contribution in [-0.2, 0) is 9.53 Å². The molecular weight excluding hydrogens is 116 g/mol. The zero-order valence-electron chi connectivity index (χ0n) is 5.89. The van der Waals surface area contributed by atoms with Crippen molar-refractivity contribution in [3.63, 3.8) is 0 Å². The molecule has 1 saturated heterocycles. The molecule has 0 saturated carbocycles. The molecule has 1 aliphatic rings. The summed E-state index contributed by atoms with van der Waals surface area (Å²) in [6.45, 7) is 5.06. The molecule has 0 N–H and O–H groups in total. The van der Waals surface area contributed by atoms with Gasteiger partial charge >= 0.3 is 0 Å². The highest BCUT2D eigenvalue weighted by molar-refractivity contribution is 5.83. The molecular formula is C7H12O2. The summed E-state index contributed by atoms with van der Waals surface area (Å²) in [6, 6.07) is 0. The van der Waals surface area contributed by atoms with Crippen molar-refractivity contribution in [2.75, 3.05) is 13.2 Å². The molecule has 0 bridgehead atoms. The first-order valence-corrected chi connectivity index (χ1v) is 3.33. The van der Waals surface area contributed by atoms with Crippen LogP contribution in [0.3, 0.4) is 0 Å². The van der Waals surface area contributed by atoms with E-state index < -0.39 is 0 Å². The minimum atomic E-state index is 0.119. The maximum Gasteiger partial charge on any atom is 0.143 e. The van der Waals surface area contributed by atoms with Crippen LogP contribution in [0.25, 0.3) is 0 Å². The van der Waals surface area contributed by atoms with E-state index >= 15 is 0 Å². The standard InChI is InChI=1S/C7H12O2/c1-5-3-9-4-6(2)7(5)8/h5-6H,3-4H2,1-2H3/t5-,6?/m1/s1. The van der Waals surface area contributed by atoms with E-state index in [0.29, 0.717) is 19.0 Å². The lowest BCUT2D eigenvalue weighted by molar-refractivity contribution is -0.135. The summed E-state index contributed by atoms with van der Waals surface area (Å²) in [5.74, 6) is 0.587. The van der Waals surface area contributed by atoms with Crippen molar-refractivity contribution in [3.8, 4) is 0 Å². The molecule has 9 heavy (non-hydrogen) atoms. The Kier molecular flexibility index (Phi) is 1.86. The van der Waals surface area contributed by atoms with E-state index in [2.05, 4.69) is 0 Å². The molecule has 0 aliphatic carbocycles. The fourth-order valence-corrected chi connectivity index (χ4v) is 1.07. The number of hydrogen-bond acceptors (Lipinski definition) is 2. The van der Waals surface area contributed by atoms with Crippen LogP contribution < -0.4 is 0 Å². The average Bonchev–Trinajstić information content (AvgIpc) is 1.83. The maximum absolute atomic E-state index is 11.0. The molecule has 0 amide bonds. The second kappa shape index (κ2) is 2.48. The molecule has 1 unspecified atom stereocenters. The quantitative estimate of drug-likeness (QED) is 0.483. The lowest BCUT2D eigenvalue weighted by atomic mass is 9.95. The number of rotatable bonds is 0. The molecule has 2 nitrogen and oxygen atoms in total. The Morgan fingerprint density at radius 2 is 1.78 bits per heavy atom. The number of Topliss-reactive ketones (excluding diaryl/α,β-unsaturated/α-hetero) is 1. The molecule has 0 aromatic heterocycles. The van der Waals surface area contributed by atoms with Crippen molar-refractivity contribution < 1.29 is 9.53 Å². The molecule has 1 heterocycles. The fraction of sp³-hybridized carbons (Fsp3) is 0.857. The molecule has 1 rings (SSSR count). The van der Waals surface area contributed by atoms with E-state index in [1.165, 1.54) is 0 Å². The second-order valence-corrected chi connectivity index (χ2v) is 2.74. The third-order valence-electron chi connectivity index (χ3n) is 1.71. The van der Waals surface area contributed by atoms with Crippen molar-refractivity contribution in [2.24, 2.45) is 11.8 Å². The van der Waals surface area contributed by atoms with Crippen molar-refractivity contribution in [1.29, 1.82) is 0 Å². The topological polar surface area (TPSA) is 26.3 Å². The zero-order chi connectivity index (χ0) is 6.85.